The molecule has 1 saturated carbocycles. The normalized spacial score (nSPS) is 18.0. The Labute approximate surface area is 118 Å². The lowest BCUT2D eigenvalue weighted by molar-refractivity contribution is -0.144. The largest absolute Gasteiger partial charge is 0.480 e. The maximum Gasteiger partial charge on any atom is 0.325 e. The van der Waals surface area contributed by atoms with Gasteiger partial charge < -0.3 is 10.4 Å². The van der Waals surface area contributed by atoms with Crippen molar-refractivity contribution < 1.29 is 9.90 Å². The van der Waals surface area contributed by atoms with Gasteiger partial charge in [-0.3, -0.25) is 4.79 Å². The van der Waals surface area contributed by atoms with E-state index in [1.54, 1.807) is 11.8 Å². The molecular weight excluding hydrogens is 258 g/mol. The standard InChI is InChI=1S/C15H21NO2S/c1-3-16-15(14(17)18,12-7-8-12)10-19-13-6-4-5-11(2)9-13/h4-6,9,12,16H,3,7-8,10H2,1-2H3,(H,17,18). The number of carbonyl (C=O) groups is 1. The number of aryl methyl sites for hydroxylation is 1. The minimum atomic E-state index is -0.761. The molecule has 1 unspecified atom stereocenters. The maximum atomic E-state index is 11.7. The van der Waals surface area contributed by atoms with E-state index in [0.717, 1.165) is 17.7 Å². The van der Waals surface area contributed by atoms with Gasteiger partial charge in [0.15, 0.2) is 0 Å². The quantitative estimate of drug-likeness (QED) is 0.753. The molecule has 0 saturated heterocycles. The number of likely N-dealkylation sites (N-methyl/N-ethyl adjacent to an activating group) is 1. The zero-order valence-electron chi connectivity index (χ0n) is 11.5. The van der Waals surface area contributed by atoms with Crippen LogP contribution >= 0.6 is 11.8 Å². The van der Waals surface area contributed by atoms with Crippen molar-refractivity contribution in [2.75, 3.05) is 12.3 Å². The third-order valence-electron chi connectivity index (χ3n) is 3.60. The number of aliphatic carboxylic acids is 1. The molecule has 0 bridgehead atoms. The summed E-state index contributed by atoms with van der Waals surface area (Å²) in [4.78, 5) is 12.8. The van der Waals surface area contributed by atoms with Crippen LogP contribution in [-0.2, 0) is 4.79 Å². The Balaban J connectivity index is 2.10. The number of carboxylic acids is 1. The topological polar surface area (TPSA) is 49.3 Å². The van der Waals surface area contributed by atoms with Crippen molar-refractivity contribution in [3.05, 3.63) is 29.8 Å². The SMILES string of the molecule is CCNC(CSc1cccc(C)c1)(C(=O)O)C1CC1. The Hall–Kier alpha value is -1.00. The molecule has 1 aromatic rings. The van der Waals surface area contributed by atoms with Crippen LogP contribution in [0.4, 0.5) is 0 Å². The van der Waals surface area contributed by atoms with Crippen LogP contribution in [0.5, 0.6) is 0 Å². The first kappa shape index (κ1) is 14.4. The van der Waals surface area contributed by atoms with E-state index in [1.807, 2.05) is 19.1 Å². The second-order valence-corrected chi connectivity index (χ2v) is 6.24. The molecule has 2 rings (SSSR count). The van der Waals surface area contributed by atoms with Crippen LogP contribution in [0.15, 0.2) is 29.2 Å². The van der Waals surface area contributed by atoms with Crippen molar-refractivity contribution in [2.24, 2.45) is 5.92 Å². The molecule has 0 aromatic heterocycles. The highest BCUT2D eigenvalue weighted by molar-refractivity contribution is 7.99. The number of benzene rings is 1. The first-order chi connectivity index (χ1) is 9.08. The average Bonchev–Trinajstić information content (AvgIpc) is 3.19. The Kier molecular flexibility index (Phi) is 4.53. The summed E-state index contributed by atoms with van der Waals surface area (Å²) in [5.41, 5.74) is 0.448. The van der Waals surface area contributed by atoms with E-state index in [2.05, 4.69) is 24.4 Å². The molecule has 1 aromatic carbocycles. The first-order valence-electron chi connectivity index (χ1n) is 6.76. The minimum absolute atomic E-state index is 0.280. The van der Waals surface area contributed by atoms with Crippen molar-refractivity contribution in [2.45, 2.75) is 37.1 Å². The molecule has 104 valence electrons. The molecule has 0 aliphatic heterocycles. The Morgan fingerprint density at radius 2 is 2.26 bits per heavy atom. The molecule has 0 heterocycles. The fourth-order valence-electron chi connectivity index (χ4n) is 2.42. The zero-order chi connectivity index (χ0) is 13.9. The number of hydrogen-bond acceptors (Lipinski definition) is 3. The molecule has 19 heavy (non-hydrogen) atoms. The van der Waals surface area contributed by atoms with Gasteiger partial charge in [-0.05, 0) is 44.4 Å². The van der Waals surface area contributed by atoms with E-state index in [9.17, 15) is 9.90 Å². The smallest absolute Gasteiger partial charge is 0.325 e. The first-order valence-corrected chi connectivity index (χ1v) is 7.75. The van der Waals surface area contributed by atoms with Gasteiger partial charge in [-0.25, -0.2) is 0 Å². The molecule has 1 atom stereocenters. The Bertz CT molecular complexity index is 459. The highest BCUT2D eigenvalue weighted by Crippen LogP contribution is 2.42. The second-order valence-electron chi connectivity index (χ2n) is 5.19. The van der Waals surface area contributed by atoms with Crippen LogP contribution in [0, 0.1) is 12.8 Å². The lowest BCUT2D eigenvalue weighted by Gasteiger charge is -2.30. The van der Waals surface area contributed by atoms with Crippen LogP contribution in [0.25, 0.3) is 0 Å². The average molecular weight is 279 g/mol. The fourth-order valence-corrected chi connectivity index (χ4v) is 3.72. The predicted molar refractivity (Wildman–Crippen MR) is 78.7 cm³/mol. The number of thioether (sulfide) groups is 1. The molecule has 0 amide bonds. The van der Waals surface area contributed by atoms with Gasteiger partial charge in [0.05, 0.1) is 0 Å². The molecule has 0 radical (unpaired) electrons. The monoisotopic (exact) mass is 279 g/mol. The zero-order valence-corrected chi connectivity index (χ0v) is 12.3. The van der Waals surface area contributed by atoms with Gasteiger partial charge in [0.25, 0.3) is 0 Å². The van der Waals surface area contributed by atoms with Crippen LogP contribution in [0.3, 0.4) is 0 Å². The van der Waals surface area contributed by atoms with E-state index in [0.29, 0.717) is 12.3 Å². The molecule has 4 heteroatoms. The van der Waals surface area contributed by atoms with E-state index < -0.39 is 11.5 Å². The molecule has 0 spiro atoms. The Morgan fingerprint density at radius 1 is 1.53 bits per heavy atom. The van der Waals surface area contributed by atoms with Gasteiger partial charge >= 0.3 is 5.97 Å². The molecule has 1 aliphatic rings. The van der Waals surface area contributed by atoms with Gasteiger partial charge in [-0.1, -0.05) is 24.6 Å². The van der Waals surface area contributed by atoms with Gasteiger partial charge in [0, 0.05) is 10.6 Å². The summed E-state index contributed by atoms with van der Waals surface area (Å²) in [7, 11) is 0. The molecule has 3 nitrogen and oxygen atoms in total. The summed E-state index contributed by atoms with van der Waals surface area (Å²) >= 11 is 1.63. The van der Waals surface area contributed by atoms with Gasteiger partial charge in [-0.15, -0.1) is 11.8 Å². The van der Waals surface area contributed by atoms with Crippen LogP contribution < -0.4 is 5.32 Å². The van der Waals surface area contributed by atoms with E-state index in [4.69, 9.17) is 0 Å². The summed E-state index contributed by atoms with van der Waals surface area (Å²) < 4.78 is 0. The third-order valence-corrected chi connectivity index (χ3v) is 4.79. The van der Waals surface area contributed by atoms with Gasteiger partial charge in [0.1, 0.15) is 5.54 Å². The second kappa shape index (κ2) is 5.97. The number of rotatable bonds is 7. The van der Waals surface area contributed by atoms with Crippen LogP contribution in [-0.4, -0.2) is 28.9 Å². The number of nitrogens with one attached hydrogen (secondary N) is 1. The summed E-state index contributed by atoms with van der Waals surface area (Å²) in [5, 5.41) is 12.8. The maximum absolute atomic E-state index is 11.7. The van der Waals surface area contributed by atoms with Crippen LogP contribution in [0.2, 0.25) is 0 Å². The highest BCUT2D eigenvalue weighted by atomic mass is 32.2. The van der Waals surface area contributed by atoms with Crippen molar-refractivity contribution in [1.82, 2.24) is 5.32 Å². The lowest BCUT2D eigenvalue weighted by Crippen LogP contribution is -2.56. The molecule has 1 fully saturated rings. The van der Waals surface area contributed by atoms with E-state index in [1.165, 1.54) is 5.56 Å². The fraction of sp³-hybridized carbons (Fsp3) is 0.533. The van der Waals surface area contributed by atoms with Crippen molar-refractivity contribution in [3.63, 3.8) is 0 Å². The lowest BCUT2D eigenvalue weighted by atomic mass is 9.96. The van der Waals surface area contributed by atoms with Gasteiger partial charge in [0.2, 0.25) is 0 Å². The summed E-state index contributed by atoms with van der Waals surface area (Å²) in [6, 6.07) is 8.23. The molecule has 2 N–H and O–H groups in total. The Morgan fingerprint density at radius 3 is 2.79 bits per heavy atom. The number of carboxylic acid groups (broad SMARTS) is 1. The highest BCUT2D eigenvalue weighted by Gasteiger charge is 2.50. The predicted octanol–water partition coefficient (Wildman–Crippen LogP) is 2.93. The third kappa shape index (κ3) is 3.31. The minimum Gasteiger partial charge on any atom is -0.480 e. The van der Waals surface area contributed by atoms with Crippen molar-refractivity contribution in [3.8, 4) is 0 Å². The van der Waals surface area contributed by atoms with Crippen molar-refractivity contribution in [1.29, 1.82) is 0 Å². The molecular formula is C15H21NO2S. The van der Waals surface area contributed by atoms with Crippen molar-refractivity contribution >= 4 is 17.7 Å². The molecule has 1 aliphatic carbocycles. The summed E-state index contributed by atoms with van der Waals surface area (Å²) in [6.45, 7) is 4.72. The summed E-state index contributed by atoms with van der Waals surface area (Å²) in [5.74, 6) is 0.156. The van der Waals surface area contributed by atoms with Crippen LogP contribution in [0.1, 0.15) is 25.3 Å². The van der Waals surface area contributed by atoms with E-state index in [-0.39, 0.29) is 5.92 Å². The van der Waals surface area contributed by atoms with E-state index >= 15 is 0 Å². The number of hydrogen-bond donors (Lipinski definition) is 2. The summed E-state index contributed by atoms with van der Waals surface area (Å²) in [6.07, 6.45) is 2.04. The van der Waals surface area contributed by atoms with Gasteiger partial charge in [-0.2, -0.15) is 0 Å².